The lowest BCUT2D eigenvalue weighted by atomic mass is 10.2. The molecule has 1 N–H and O–H groups in total. The molecule has 1 amide bonds. The van der Waals surface area contributed by atoms with Crippen molar-refractivity contribution in [2.75, 3.05) is 6.79 Å². The van der Waals surface area contributed by atoms with Crippen LogP contribution in [-0.4, -0.2) is 27.5 Å². The van der Waals surface area contributed by atoms with Crippen LogP contribution >= 0.6 is 0 Å². The number of nitrogens with zero attached hydrogens (tertiary/aromatic N) is 3. The van der Waals surface area contributed by atoms with Crippen LogP contribution < -0.4 is 14.8 Å². The molecular formula is C20H18N4O3. The van der Waals surface area contributed by atoms with Crippen molar-refractivity contribution in [3.05, 3.63) is 66.0 Å². The zero-order valence-electron chi connectivity index (χ0n) is 14.8. The lowest BCUT2D eigenvalue weighted by Crippen LogP contribution is -2.20. The summed E-state index contributed by atoms with van der Waals surface area (Å²) >= 11 is 0. The van der Waals surface area contributed by atoms with E-state index < -0.39 is 0 Å². The van der Waals surface area contributed by atoms with Crippen molar-refractivity contribution in [3.63, 3.8) is 0 Å². The summed E-state index contributed by atoms with van der Waals surface area (Å²) in [6.07, 6.45) is 4.96. The number of carbonyl (C=O) groups is 1. The first-order valence-electron chi connectivity index (χ1n) is 8.49. The number of hydrogen-bond acceptors (Lipinski definition) is 5. The fourth-order valence-electron chi connectivity index (χ4n) is 2.79. The minimum Gasteiger partial charge on any atom is -0.454 e. The number of aryl methyl sites for hydroxylation is 1. The van der Waals surface area contributed by atoms with Gasteiger partial charge in [-0.2, -0.15) is 5.10 Å². The van der Waals surface area contributed by atoms with Gasteiger partial charge in [-0.3, -0.25) is 14.5 Å². The van der Waals surface area contributed by atoms with Crippen molar-refractivity contribution in [2.45, 2.75) is 6.54 Å². The van der Waals surface area contributed by atoms with Crippen LogP contribution in [0, 0.1) is 0 Å². The predicted octanol–water partition coefficient (Wildman–Crippen LogP) is 2.54. The number of aromatic nitrogens is 3. The van der Waals surface area contributed by atoms with Crippen LogP contribution in [-0.2, 0) is 18.4 Å². The molecule has 136 valence electrons. The van der Waals surface area contributed by atoms with E-state index in [0.717, 1.165) is 28.4 Å². The van der Waals surface area contributed by atoms with Crippen LogP contribution in [0.4, 0.5) is 0 Å². The maximum atomic E-state index is 12.1. The topological polar surface area (TPSA) is 78.3 Å². The van der Waals surface area contributed by atoms with Gasteiger partial charge in [0.25, 0.3) is 0 Å². The minimum absolute atomic E-state index is 0.197. The molecule has 1 aliphatic rings. The van der Waals surface area contributed by atoms with Gasteiger partial charge in [-0.05, 0) is 42.0 Å². The molecule has 7 nitrogen and oxygen atoms in total. The summed E-state index contributed by atoms with van der Waals surface area (Å²) in [4.78, 5) is 16.4. The van der Waals surface area contributed by atoms with Crippen molar-refractivity contribution in [3.8, 4) is 22.9 Å². The standard InChI is InChI=1S/C20H18N4O3/c1-24-17(16-4-2-3-9-21-16)11-15(23-24)12-22-20(25)8-6-14-5-7-18-19(10-14)27-13-26-18/h2-11H,12-13H2,1H3,(H,22,25). The van der Waals surface area contributed by atoms with E-state index in [1.54, 1.807) is 17.0 Å². The van der Waals surface area contributed by atoms with Gasteiger partial charge in [0.15, 0.2) is 11.5 Å². The Morgan fingerprint density at radius 3 is 2.96 bits per heavy atom. The highest BCUT2D eigenvalue weighted by atomic mass is 16.7. The fourth-order valence-corrected chi connectivity index (χ4v) is 2.79. The highest BCUT2D eigenvalue weighted by Crippen LogP contribution is 2.32. The molecule has 0 atom stereocenters. The van der Waals surface area contributed by atoms with Crippen molar-refractivity contribution in [2.24, 2.45) is 7.05 Å². The average Bonchev–Trinajstić information content (AvgIpc) is 3.31. The maximum Gasteiger partial charge on any atom is 0.244 e. The molecule has 0 fully saturated rings. The van der Waals surface area contributed by atoms with E-state index >= 15 is 0 Å². The zero-order chi connectivity index (χ0) is 18.6. The number of nitrogens with one attached hydrogen (secondary N) is 1. The average molecular weight is 362 g/mol. The number of benzene rings is 1. The van der Waals surface area contributed by atoms with Crippen molar-refractivity contribution in [1.82, 2.24) is 20.1 Å². The van der Waals surface area contributed by atoms with Gasteiger partial charge in [0, 0.05) is 19.3 Å². The summed E-state index contributed by atoms with van der Waals surface area (Å²) in [5, 5.41) is 7.26. The fraction of sp³-hybridized carbons (Fsp3) is 0.150. The van der Waals surface area contributed by atoms with Gasteiger partial charge in [-0.1, -0.05) is 12.1 Å². The largest absolute Gasteiger partial charge is 0.454 e. The normalized spacial score (nSPS) is 12.5. The molecule has 3 aromatic rings. The second kappa shape index (κ2) is 7.33. The first kappa shape index (κ1) is 16.8. The second-order valence-electron chi connectivity index (χ2n) is 6.02. The van der Waals surface area contributed by atoms with Gasteiger partial charge in [-0.25, -0.2) is 0 Å². The summed E-state index contributed by atoms with van der Waals surface area (Å²) in [5.41, 5.74) is 3.37. The number of rotatable bonds is 5. The predicted molar refractivity (Wildman–Crippen MR) is 99.9 cm³/mol. The summed E-state index contributed by atoms with van der Waals surface area (Å²) in [6, 6.07) is 13.2. The summed E-state index contributed by atoms with van der Waals surface area (Å²) < 4.78 is 12.4. The molecule has 3 heterocycles. The number of pyridine rings is 1. The number of hydrogen-bond donors (Lipinski definition) is 1. The lowest BCUT2D eigenvalue weighted by Gasteiger charge is -1.99. The molecule has 1 aromatic carbocycles. The zero-order valence-corrected chi connectivity index (χ0v) is 14.8. The third kappa shape index (κ3) is 3.82. The lowest BCUT2D eigenvalue weighted by molar-refractivity contribution is -0.116. The Balaban J connectivity index is 1.37. The van der Waals surface area contributed by atoms with Gasteiger partial charge < -0.3 is 14.8 Å². The molecule has 0 saturated carbocycles. The number of amides is 1. The third-order valence-corrected chi connectivity index (χ3v) is 4.13. The summed E-state index contributed by atoms with van der Waals surface area (Å²) in [7, 11) is 1.86. The monoisotopic (exact) mass is 362 g/mol. The molecular weight excluding hydrogens is 344 g/mol. The Morgan fingerprint density at radius 1 is 1.22 bits per heavy atom. The Hall–Kier alpha value is -3.61. The van der Waals surface area contributed by atoms with Crippen molar-refractivity contribution in [1.29, 1.82) is 0 Å². The number of ether oxygens (including phenoxy) is 2. The Labute approximate surface area is 156 Å². The van der Waals surface area contributed by atoms with Gasteiger partial charge >= 0.3 is 0 Å². The molecule has 7 heteroatoms. The molecule has 1 aliphatic heterocycles. The van der Waals surface area contributed by atoms with E-state index in [9.17, 15) is 4.79 Å². The van der Waals surface area contributed by atoms with E-state index in [1.165, 1.54) is 6.08 Å². The Kier molecular flexibility index (Phi) is 4.57. The molecule has 0 bridgehead atoms. The van der Waals surface area contributed by atoms with Crippen LogP contribution in [0.25, 0.3) is 17.5 Å². The van der Waals surface area contributed by atoms with Crippen molar-refractivity contribution < 1.29 is 14.3 Å². The maximum absolute atomic E-state index is 12.1. The van der Waals surface area contributed by atoms with Crippen LogP contribution in [0.3, 0.4) is 0 Å². The number of fused-ring (bicyclic) bond motifs is 1. The van der Waals surface area contributed by atoms with Crippen LogP contribution in [0.5, 0.6) is 11.5 Å². The molecule has 0 saturated heterocycles. The van der Waals surface area contributed by atoms with Crippen molar-refractivity contribution >= 4 is 12.0 Å². The van der Waals surface area contributed by atoms with E-state index in [1.807, 2.05) is 49.5 Å². The highest BCUT2D eigenvalue weighted by Gasteiger charge is 2.12. The molecule has 0 radical (unpaired) electrons. The highest BCUT2D eigenvalue weighted by molar-refractivity contribution is 5.91. The van der Waals surface area contributed by atoms with Crippen LogP contribution in [0.15, 0.2) is 54.7 Å². The molecule has 4 rings (SSSR count). The van der Waals surface area contributed by atoms with Gasteiger partial charge in [0.05, 0.1) is 23.6 Å². The number of carbonyl (C=O) groups excluding carboxylic acids is 1. The van der Waals surface area contributed by atoms with E-state index in [-0.39, 0.29) is 12.7 Å². The van der Waals surface area contributed by atoms with Crippen LogP contribution in [0.1, 0.15) is 11.3 Å². The van der Waals surface area contributed by atoms with E-state index in [0.29, 0.717) is 12.3 Å². The van der Waals surface area contributed by atoms with Crippen LogP contribution in [0.2, 0.25) is 0 Å². The Bertz CT molecular complexity index is 996. The first-order valence-corrected chi connectivity index (χ1v) is 8.49. The summed E-state index contributed by atoms with van der Waals surface area (Å²) in [5.74, 6) is 1.21. The molecule has 0 unspecified atom stereocenters. The Morgan fingerprint density at radius 2 is 2.11 bits per heavy atom. The quantitative estimate of drug-likeness (QED) is 0.706. The van der Waals surface area contributed by atoms with Gasteiger partial charge in [0.1, 0.15) is 0 Å². The van der Waals surface area contributed by atoms with Gasteiger partial charge in [0.2, 0.25) is 12.7 Å². The first-order chi connectivity index (χ1) is 13.2. The SMILES string of the molecule is Cn1nc(CNC(=O)C=Cc2ccc3c(c2)OCO3)cc1-c1ccccn1. The molecule has 2 aromatic heterocycles. The second-order valence-corrected chi connectivity index (χ2v) is 6.02. The molecule has 0 spiro atoms. The van der Waals surface area contributed by atoms with E-state index in [4.69, 9.17) is 9.47 Å². The van der Waals surface area contributed by atoms with E-state index in [2.05, 4.69) is 15.4 Å². The minimum atomic E-state index is -0.197. The summed E-state index contributed by atoms with van der Waals surface area (Å²) in [6.45, 7) is 0.568. The molecule has 27 heavy (non-hydrogen) atoms. The third-order valence-electron chi connectivity index (χ3n) is 4.13. The smallest absolute Gasteiger partial charge is 0.244 e. The van der Waals surface area contributed by atoms with Gasteiger partial charge in [-0.15, -0.1) is 0 Å². The molecule has 0 aliphatic carbocycles.